The first-order chi connectivity index (χ1) is 11.3. The average molecular weight is 344 g/mol. The summed E-state index contributed by atoms with van der Waals surface area (Å²) in [7, 11) is 0. The Morgan fingerprint density at radius 3 is 1.25 bits per heavy atom. The van der Waals surface area contributed by atoms with E-state index in [4.69, 9.17) is 19.8 Å². The van der Waals surface area contributed by atoms with Crippen molar-refractivity contribution < 1.29 is 30.0 Å². The van der Waals surface area contributed by atoms with Gasteiger partial charge in [0.25, 0.3) is 0 Å². The molecule has 0 amide bonds. The molecule has 2 aliphatic heterocycles. The summed E-state index contributed by atoms with van der Waals surface area (Å²) < 4.78 is 0. The van der Waals surface area contributed by atoms with Gasteiger partial charge in [0.1, 0.15) is 0 Å². The summed E-state index contributed by atoms with van der Waals surface area (Å²) in [4.78, 5) is 18.2. The first-order valence-electron chi connectivity index (χ1n) is 8.55. The molecule has 8 heteroatoms. The number of carbonyl (C=O) groups is 2. The maximum atomic E-state index is 9.46. The lowest BCUT2D eigenvalue weighted by atomic mass is 9.93. The molecule has 2 saturated carbocycles. The Morgan fingerprint density at radius 2 is 1.08 bits per heavy atom. The molecule has 0 bridgehead atoms. The molecule has 2 saturated heterocycles. The van der Waals surface area contributed by atoms with Crippen LogP contribution < -0.4 is 10.6 Å². The highest BCUT2D eigenvalue weighted by atomic mass is 16.4. The molecule has 0 aromatic carbocycles. The SMILES string of the molecule is O=C(O)C(=O)O.OC1CCNCC12CC2.OC1CCNCC12CC2. The van der Waals surface area contributed by atoms with Crippen molar-refractivity contribution in [2.75, 3.05) is 26.2 Å². The summed E-state index contributed by atoms with van der Waals surface area (Å²) in [6, 6.07) is 0. The number of aliphatic carboxylic acids is 2. The minimum Gasteiger partial charge on any atom is -0.473 e. The van der Waals surface area contributed by atoms with Gasteiger partial charge in [0.15, 0.2) is 0 Å². The molecule has 4 aliphatic rings. The van der Waals surface area contributed by atoms with Crippen molar-refractivity contribution in [3.63, 3.8) is 0 Å². The molecule has 2 aliphatic carbocycles. The molecular weight excluding hydrogens is 316 g/mol. The van der Waals surface area contributed by atoms with Crippen molar-refractivity contribution in [1.29, 1.82) is 0 Å². The topological polar surface area (TPSA) is 139 Å². The Kier molecular flexibility index (Phi) is 6.19. The summed E-state index contributed by atoms with van der Waals surface area (Å²) in [5, 5.41) is 40.3. The monoisotopic (exact) mass is 344 g/mol. The summed E-state index contributed by atoms with van der Waals surface area (Å²) >= 11 is 0. The van der Waals surface area contributed by atoms with Crippen molar-refractivity contribution in [3.05, 3.63) is 0 Å². The van der Waals surface area contributed by atoms with E-state index in [2.05, 4.69) is 10.6 Å². The van der Waals surface area contributed by atoms with E-state index in [1.54, 1.807) is 0 Å². The molecule has 8 nitrogen and oxygen atoms in total. The van der Waals surface area contributed by atoms with E-state index >= 15 is 0 Å². The first-order valence-corrected chi connectivity index (χ1v) is 8.55. The van der Waals surface area contributed by atoms with Gasteiger partial charge in [-0.05, 0) is 51.6 Å². The smallest absolute Gasteiger partial charge is 0.414 e. The molecule has 24 heavy (non-hydrogen) atoms. The number of aliphatic hydroxyl groups excluding tert-OH is 2. The second-order valence-corrected chi connectivity index (χ2v) is 7.30. The fourth-order valence-corrected chi connectivity index (χ4v) is 3.34. The number of hydrogen-bond acceptors (Lipinski definition) is 6. The van der Waals surface area contributed by atoms with Gasteiger partial charge < -0.3 is 31.1 Å². The van der Waals surface area contributed by atoms with Crippen LogP contribution in [0.25, 0.3) is 0 Å². The number of aliphatic hydroxyl groups is 2. The van der Waals surface area contributed by atoms with Crippen molar-refractivity contribution in [1.82, 2.24) is 10.6 Å². The Morgan fingerprint density at radius 1 is 0.750 bits per heavy atom. The van der Waals surface area contributed by atoms with Crippen LogP contribution in [0.1, 0.15) is 38.5 Å². The van der Waals surface area contributed by atoms with Crippen LogP contribution >= 0.6 is 0 Å². The van der Waals surface area contributed by atoms with Crippen LogP contribution in [0.15, 0.2) is 0 Å². The van der Waals surface area contributed by atoms with Crippen LogP contribution in [-0.4, -0.2) is 70.8 Å². The molecule has 4 fully saturated rings. The fourth-order valence-electron chi connectivity index (χ4n) is 3.34. The predicted molar refractivity (Wildman–Crippen MR) is 85.6 cm³/mol. The zero-order chi connectivity index (χ0) is 17.8. The van der Waals surface area contributed by atoms with Crippen LogP contribution in [0.2, 0.25) is 0 Å². The lowest BCUT2D eigenvalue weighted by molar-refractivity contribution is -0.159. The third-order valence-electron chi connectivity index (χ3n) is 5.52. The molecule has 0 aromatic heterocycles. The van der Waals surface area contributed by atoms with E-state index in [1.807, 2.05) is 0 Å². The van der Waals surface area contributed by atoms with Crippen LogP contribution in [0.4, 0.5) is 0 Å². The van der Waals surface area contributed by atoms with Gasteiger partial charge in [0.2, 0.25) is 0 Å². The number of nitrogens with one attached hydrogen (secondary N) is 2. The molecule has 2 atom stereocenters. The normalized spacial score (nSPS) is 31.1. The van der Waals surface area contributed by atoms with Gasteiger partial charge >= 0.3 is 11.9 Å². The largest absolute Gasteiger partial charge is 0.473 e. The second kappa shape index (κ2) is 7.77. The standard InChI is InChI=1S/2C7H13NO.C2H2O4/c2*9-6-1-4-8-5-7(6)2-3-7;3-1(4)2(5)6/h2*6,8-9H,1-5H2;(H,3,4)(H,5,6). The number of hydrogen-bond donors (Lipinski definition) is 6. The van der Waals surface area contributed by atoms with Gasteiger partial charge in [-0.15, -0.1) is 0 Å². The molecule has 2 heterocycles. The van der Waals surface area contributed by atoms with Crippen molar-refractivity contribution in [2.24, 2.45) is 10.8 Å². The van der Waals surface area contributed by atoms with E-state index in [9.17, 15) is 10.2 Å². The number of rotatable bonds is 0. The van der Waals surface area contributed by atoms with Crippen LogP contribution in [0, 0.1) is 10.8 Å². The Hall–Kier alpha value is -1.22. The summed E-state index contributed by atoms with van der Waals surface area (Å²) in [6.45, 7) is 4.11. The quantitative estimate of drug-likeness (QED) is 0.320. The minimum absolute atomic E-state index is 0.00116. The van der Waals surface area contributed by atoms with E-state index in [0.717, 1.165) is 39.0 Å². The molecule has 2 unspecified atom stereocenters. The molecule has 0 radical (unpaired) electrons. The predicted octanol–water partition coefficient (Wildman–Crippen LogP) is -0.603. The van der Waals surface area contributed by atoms with Crippen molar-refractivity contribution >= 4 is 11.9 Å². The molecule has 6 N–H and O–H groups in total. The van der Waals surface area contributed by atoms with Gasteiger partial charge in [-0.25, -0.2) is 9.59 Å². The molecule has 4 rings (SSSR count). The average Bonchev–Trinajstić information content (AvgIpc) is 3.46. The van der Waals surface area contributed by atoms with E-state index in [0.29, 0.717) is 10.8 Å². The first kappa shape index (κ1) is 19.1. The summed E-state index contributed by atoms with van der Waals surface area (Å²) in [6.07, 6.45) is 6.86. The molecule has 0 aromatic rings. The maximum Gasteiger partial charge on any atom is 0.414 e. The Labute approximate surface area is 141 Å². The van der Waals surface area contributed by atoms with Crippen molar-refractivity contribution in [3.8, 4) is 0 Å². The summed E-state index contributed by atoms with van der Waals surface area (Å²) in [5.74, 6) is -3.65. The Bertz CT molecular complexity index is 419. The Balaban J connectivity index is 0.000000134. The zero-order valence-electron chi connectivity index (χ0n) is 13.8. The van der Waals surface area contributed by atoms with Gasteiger partial charge in [-0.2, -0.15) is 0 Å². The number of carboxylic acid groups (broad SMARTS) is 2. The lowest BCUT2D eigenvalue weighted by Crippen LogP contribution is -2.41. The van der Waals surface area contributed by atoms with Gasteiger partial charge in [-0.3, -0.25) is 0 Å². The third-order valence-corrected chi connectivity index (χ3v) is 5.52. The van der Waals surface area contributed by atoms with E-state index in [-0.39, 0.29) is 12.2 Å². The van der Waals surface area contributed by atoms with E-state index in [1.165, 1.54) is 25.7 Å². The number of piperidine rings is 2. The van der Waals surface area contributed by atoms with Crippen LogP contribution in [0.5, 0.6) is 0 Å². The highest BCUT2D eigenvalue weighted by Gasteiger charge is 2.50. The zero-order valence-corrected chi connectivity index (χ0v) is 13.8. The molecule has 2 spiro atoms. The maximum absolute atomic E-state index is 9.46. The van der Waals surface area contributed by atoms with Crippen LogP contribution in [-0.2, 0) is 9.59 Å². The summed E-state index contributed by atoms with van der Waals surface area (Å²) in [5.41, 5.74) is 0.663. The number of carboxylic acids is 2. The minimum atomic E-state index is -1.82. The fraction of sp³-hybridized carbons (Fsp3) is 0.875. The van der Waals surface area contributed by atoms with E-state index < -0.39 is 11.9 Å². The highest BCUT2D eigenvalue weighted by Crippen LogP contribution is 2.50. The van der Waals surface area contributed by atoms with Gasteiger partial charge in [0, 0.05) is 23.9 Å². The van der Waals surface area contributed by atoms with Gasteiger partial charge in [0.05, 0.1) is 12.2 Å². The third kappa shape index (κ3) is 4.89. The molecular formula is C16H28N2O6. The van der Waals surface area contributed by atoms with Crippen LogP contribution in [0.3, 0.4) is 0 Å². The highest BCUT2D eigenvalue weighted by molar-refractivity contribution is 6.27. The lowest BCUT2D eigenvalue weighted by Gasteiger charge is -2.27. The molecule has 138 valence electrons. The van der Waals surface area contributed by atoms with Gasteiger partial charge in [-0.1, -0.05) is 0 Å². The second-order valence-electron chi connectivity index (χ2n) is 7.30. The van der Waals surface area contributed by atoms with Crippen molar-refractivity contribution in [2.45, 2.75) is 50.7 Å².